The van der Waals surface area contributed by atoms with Gasteiger partial charge in [0.05, 0.1) is 36.0 Å². The highest BCUT2D eigenvalue weighted by Crippen LogP contribution is 2.34. The Balaban J connectivity index is 1.24. The van der Waals surface area contributed by atoms with Crippen molar-refractivity contribution in [3.63, 3.8) is 0 Å². The van der Waals surface area contributed by atoms with Crippen LogP contribution in [0.4, 0.5) is 4.39 Å². The first-order chi connectivity index (χ1) is 18.9. The molecule has 0 saturated carbocycles. The molecule has 2 aromatic heterocycles. The number of hydrogen-bond acceptors (Lipinski definition) is 8. The molecule has 0 bridgehead atoms. The molecule has 0 radical (unpaired) electrons. The van der Waals surface area contributed by atoms with Crippen molar-refractivity contribution in [2.45, 2.75) is 24.2 Å². The lowest BCUT2D eigenvalue weighted by Crippen LogP contribution is -2.28. The second kappa shape index (κ2) is 11.8. The minimum Gasteiger partial charge on any atom is -0.497 e. The molecule has 12 heteroatoms. The molecule has 9 nitrogen and oxygen atoms in total. The van der Waals surface area contributed by atoms with Gasteiger partial charge in [0.1, 0.15) is 11.6 Å². The Morgan fingerprint density at radius 1 is 1.15 bits per heavy atom. The van der Waals surface area contributed by atoms with Gasteiger partial charge in [0.15, 0.2) is 11.0 Å². The van der Waals surface area contributed by atoms with Crippen LogP contribution in [0.2, 0.25) is 0 Å². The van der Waals surface area contributed by atoms with Gasteiger partial charge in [0, 0.05) is 19.0 Å². The monoisotopic (exact) mass is 564 g/mol. The summed E-state index contributed by atoms with van der Waals surface area (Å²) in [4.78, 5) is 26.9. The van der Waals surface area contributed by atoms with E-state index in [1.807, 2.05) is 17.5 Å². The van der Waals surface area contributed by atoms with E-state index in [2.05, 4.69) is 20.6 Å². The van der Waals surface area contributed by atoms with E-state index in [-0.39, 0.29) is 36.0 Å². The van der Waals surface area contributed by atoms with Crippen molar-refractivity contribution in [3.05, 3.63) is 93.7 Å². The zero-order valence-electron chi connectivity index (χ0n) is 21.2. The molecule has 2 amide bonds. The van der Waals surface area contributed by atoms with Gasteiger partial charge in [-0.25, -0.2) is 9.40 Å². The summed E-state index contributed by atoms with van der Waals surface area (Å²) in [6, 6.07) is 16.6. The predicted octanol–water partition coefficient (Wildman–Crippen LogP) is 4.42. The van der Waals surface area contributed by atoms with Crippen LogP contribution >= 0.6 is 23.1 Å². The smallest absolute Gasteiger partial charge is 0.253 e. The van der Waals surface area contributed by atoms with Crippen molar-refractivity contribution in [3.8, 4) is 5.75 Å². The Morgan fingerprint density at radius 2 is 1.97 bits per heavy atom. The van der Waals surface area contributed by atoms with Crippen LogP contribution in [0.1, 0.15) is 39.1 Å². The van der Waals surface area contributed by atoms with E-state index in [0.29, 0.717) is 28.7 Å². The number of benzene rings is 2. The summed E-state index contributed by atoms with van der Waals surface area (Å²) >= 11 is 2.80. The highest BCUT2D eigenvalue weighted by atomic mass is 32.2. The summed E-state index contributed by atoms with van der Waals surface area (Å²) < 4.78 is 20.5. The maximum atomic E-state index is 13.5. The van der Waals surface area contributed by atoms with Gasteiger partial charge in [0.2, 0.25) is 0 Å². The van der Waals surface area contributed by atoms with Gasteiger partial charge in [-0.05, 0) is 47.3 Å². The number of halogens is 1. The molecule has 200 valence electrons. The summed E-state index contributed by atoms with van der Waals surface area (Å²) in [6.45, 7) is 0.168. The number of aromatic nitrogens is 3. The maximum Gasteiger partial charge on any atom is 0.253 e. The Hall–Kier alpha value is -4.03. The van der Waals surface area contributed by atoms with E-state index in [0.717, 1.165) is 16.2 Å². The fraction of sp³-hybridized carbons (Fsp3) is 0.222. The molecule has 3 heterocycles. The number of methoxy groups -OCH3 is 1. The van der Waals surface area contributed by atoms with E-state index in [1.165, 1.54) is 28.9 Å². The summed E-state index contributed by atoms with van der Waals surface area (Å²) in [7, 11) is 3.33. The Bertz CT molecular complexity index is 1500. The third-order valence-electron chi connectivity index (χ3n) is 6.22. The lowest BCUT2D eigenvalue weighted by Gasteiger charge is -2.21. The van der Waals surface area contributed by atoms with Gasteiger partial charge in [-0.1, -0.05) is 36.0 Å². The van der Waals surface area contributed by atoms with Crippen LogP contribution < -0.4 is 10.1 Å². The molecule has 39 heavy (non-hydrogen) atoms. The van der Waals surface area contributed by atoms with Gasteiger partial charge < -0.3 is 14.6 Å². The SMILES string of the molecule is COc1cccc(C(=O)NCc2nnc(SCC(=O)N3N=C(c4cccs4)C[C@@H]3c3ccc(F)cc3)n2C)c1. The number of hydrazone groups is 1. The van der Waals surface area contributed by atoms with Crippen LogP contribution in [-0.4, -0.2) is 50.2 Å². The fourth-order valence-electron chi connectivity index (χ4n) is 4.12. The standard InChI is InChI=1S/C27H25FN6O3S2/c1-33-24(15-29-26(36)18-5-3-6-20(13-18)37-2)30-31-27(33)39-16-25(35)34-22(17-8-10-19(28)11-9-17)14-21(32-34)23-7-4-12-38-23/h3-13,22H,14-16H2,1-2H3,(H,29,36)/t22-/m1/s1. The van der Waals surface area contributed by atoms with E-state index in [1.54, 1.807) is 66.5 Å². The van der Waals surface area contributed by atoms with Gasteiger partial charge >= 0.3 is 0 Å². The van der Waals surface area contributed by atoms with Crippen LogP contribution in [0.15, 0.2) is 76.3 Å². The second-order valence-electron chi connectivity index (χ2n) is 8.69. The van der Waals surface area contributed by atoms with Crippen LogP contribution in [0, 0.1) is 5.82 Å². The van der Waals surface area contributed by atoms with Crippen molar-refractivity contribution in [1.29, 1.82) is 0 Å². The lowest BCUT2D eigenvalue weighted by atomic mass is 10.0. The minimum atomic E-state index is -0.331. The summed E-state index contributed by atoms with van der Waals surface area (Å²) in [5.41, 5.74) is 2.11. The number of thioether (sulfide) groups is 1. The van der Waals surface area contributed by atoms with Crippen molar-refractivity contribution in [1.82, 2.24) is 25.1 Å². The maximum absolute atomic E-state index is 13.5. The molecule has 0 saturated heterocycles. The van der Waals surface area contributed by atoms with E-state index in [9.17, 15) is 14.0 Å². The fourth-order valence-corrected chi connectivity index (χ4v) is 5.62. The number of nitrogens with one attached hydrogen (secondary N) is 1. The third kappa shape index (κ3) is 6.02. The highest BCUT2D eigenvalue weighted by Gasteiger charge is 2.33. The summed E-state index contributed by atoms with van der Waals surface area (Å²) in [5, 5.41) is 19.8. The number of nitrogens with zero attached hydrogens (tertiary/aromatic N) is 5. The van der Waals surface area contributed by atoms with Crippen molar-refractivity contribution >= 4 is 40.6 Å². The third-order valence-corrected chi connectivity index (χ3v) is 8.14. The van der Waals surface area contributed by atoms with Crippen molar-refractivity contribution in [2.24, 2.45) is 12.1 Å². The van der Waals surface area contributed by atoms with E-state index in [4.69, 9.17) is 4.74 Å². The molecule has 1 N–H and O–H groups in total. The molecular weight excluding hydrogens is 539 g/mol. The zero-order chi connectivity index (χ0) is 27.4. The van der Waals surface area contributed by atoms with Crippen LogP contribution in [0.5, 0.6) is 5.75 Å². The normalized spacial score (nSPS) is 14.8. The Morgan fingerprint density at radius 3 is 2.72 bits per heavy atom. The van der Waals surface area contributed by atoms with E-state index < -0.39 is 0 Å². The lowest BCUT2D eigenvalue weighted by molar-refractivity contribution is -0.130. The molecule has 2 aromatic carbocycles. The molecule has 4 aromatic rings. The van der Waals surface area contributed by atoms with Crippen molar-refractivity contribution < 1.29 is 18.7 Å². The molecular formula is C27H25FN6O3S2. The number of carbonyl (C=O) groups is 2. The molecule has 1 aliphatic rings. The number of rotatable bonds is 9. The predicted molar refractivity (Wildman–Crippen MR) is 147 cm³/mol. The number of thiophene rings is 1. The molecule has 0 aliphatic carbocycles. The number of ether oxygens (including phenoxy) is 1. The average molecular weight is 565 g/mol. The average Bonchev–Trinajstić information content (AvgIpc) is 3.71. The minimum absolute atomic E-state index is 0.0844. The Labute approximate surface area is 232 Å². The topological polar surface area (TPSA) is 102 Å². The number of carbonyl (C=O) groups excluding carboxylic acids is 2. The quantitative estimate of drug-likeness (QED) is 0.302. The first-order valence-corrected chi connectivity index (χ1v) is 13.9. The molecule has 0 spiro atoms. The number of amides is 2. The van der Waals surface area contributed by atoms with Crippen LogP contribution in [-0.2, 0) is 18.4 Å². The number of hydrogen-bond donors (Lipinski definition) is 1. The summed E-state index contributed by atoms with van der Waals surface area (Å²) in [6.07, 6.45) is 0.545. The molecule has 0 fully saturated rings. The molecule has 1 atom stereocenters. The second-order valence-corrected chi connectivity index (χ2v) is 10.6. The zero-order valence-corrected chi connectivity index (χ0v) is 22.8. The summed E-state index contributed by atoms with van der Waals surface area (Å²) in [5.74, 6) is 0.433. The first-order valence-electron chi connectivity index (χ1n) is 12.0. The first kappa shape index (κ1) is 26.6. The van der Waals surface area contributed by atoms with Crippen molar-refractivity contribution in [2.75, 3.05) is 12.9 Å². The van der Waals surface area contributed by atoms with Crippen LogP contribution in [0.3, 0.4) is 0 Å². The van der Waals surface area contributed by atoms with Gasteiger partial charge in [-0.2, -0.15) is 5.10 Å². The van der Waals surface area contributed by atoms with E-state index >= 15 is 0 Å². The molecule has 5 rings (SSSR count). The van der Waals surface area contributed by atoms with Gasteiger partial charge in [0.25, 0.3) is 11.8 Å². The van der Waals surface area contributed by atoms with Gasteiger partial charge in [-0.3, -0.25) is 9.59 Å². The molecule has 1 aliphatic heterocycles. The highest BCUT2D eigenvalue weighted by molar-refractivity contribution is 7.99. The molecule has 0 unspecified atom stereocenters. The van der Waals surface area contributed by atoms with Crippen LogP contribution in [0.25, 0.3) is 0 Å². The Kier molecular flexibility index (Phi) is 8.03. The van der Waals surface area contributed by atoms with Gasteiger partial charge in [-0.15, -0.1) is 21.5 Å². The largest absolute Gasteiger partial charge is 0.497 e.